The lowest BCUT2D eigenvalue weighted by molar-refractivity contribution is -0.116. The van der Waals surface area contributed by atoms with Gasteiger partial charge in [-0.3, -0.25) is 4.79 Å². The Labute approximate surface area is 123 Å². The highest BCUT2D eigenvalue weighted by Crippen LogP contribution is 2.27. The molecule has 0 spiro atoms. The van der Waals surface area contributed by atoms with Gasteiger partial charge in [0.2, 0.25) is 11.2 Å². The van der Waals surface area contributed by atoms with E-state index < -0.39 is 0 Å². The molecule has 0 saturated heterocycles. The first-order valence-corrected chi connectivity index (χ1v) is 6.93. The topological polar surface area (TPSA) is 46.9 Å². The van der Waals surface area contributed by atoms with E-state index in [1.54, 1.807) is 17.0 Å². The first kappa shape index (κ1) is 14.6. The van der Waals surface area contributed by atoms with Crippen LogP contribution >= 0.6 is 11.6 Å². The zero-order valence-electron chi connectivity index (χ0n) is 11.9. The number of aromatic nitrogens is 2. The Kier molecular flexibility index (Phi) is 4.45. The Morgan fingerprint density at radius 2 is 2.20 bits per heavy atom. The van der Waals surface area contributed by atoms with Crippen LogP contribution in [0, 0.1) is 6.92 Å². The van der Waals surface area contributed by atoms with Crippen LogP contribution in [0.5, 0.6) is 0 Å². The third-order valence-electron chi connectivity index (χ3n) is 3.17. The van der Waals surface area contributed by atoms with Crippen LogP contribution in [0.4, 0.5) is 5.69 Å². The number of hydrogen-bond donors (Lipinski definition) is 1. The van der Waals surface area contributed by atoms with Gasteiger partial charge >= 0.3 is 0 Å². The van der Waals surface area contributed by atoms with E-state index in [9.17, 15) is 4.79 Å². The largest absolute Gasteiger partial charge is 0.324 e. The summed E-state index contributed by atoms with van der Waals surface area (Å²) in [4.78, 5) is 16.0. The van der Waals surface area contributed by atoms with E-state index in [0.717, 1.165) is 16.8 Å². The zero-order chi connectivity index (χ0) is 14.7. The van der Waals surface area contributed by atoms with Crippen molar-refractivity contribution in [1.82, 2.24) is 9.55 Å². The molecule has 0 aliphatic carbocycles. The highest BCUT2D eigenvalue weighted by Gasteiger charge is 2.13. The van der Waals surface area contributed by atoms with Gasteiger partial charge in [0.25, 0.3) is 0 Å². The van der Waals surface area contributed by atoms with Crippen molar-refractivity contribution in [2.24, 2.45) is 0 Å². The van der Waals surface area contributed by atoms with Crippen molar-refractivity contribution in [3.05, 3.63) is 47.0 Å². The highest BCUT2D eigenvalue weighted by atomic mass is 35.5. The minimum atomic E-state index is -0.110. The third kappa shape index (κ3) is 3.20. The van der Waals surface area contributed by atoms with Gasteiger partial charge in [0, 0.05) is 18.1 Å². The van der Waals surface area contributed by atoms with Gasteiger partial charge in [0.05, 0.1) is 0 Å². The number of para-hydroxylation sites is 1. The van der Waals surface area contributed by atoms with Crippen molar-refractivity contribution >= 4 is 23.2 Å². The van der Waals surface area contributed by atoms with Gasteiger partial charge in [-0.05, 0) is 35.6 Å². The lowest BCUT2D eigenvalue weighted by Crippen LogP contribution is -2.20. The van der Waals surface area contributed by atoms with Crippen LogP contribution in [0.15, 0.2) is 30.6 Å². The summed E-state index contributed by atoms with van der Waals surface area (Å²) < 4.78 is 1.60. The van der Waals surface area contributed by atoms with Crippen molar-refractivity contribution in [3.8, 4) is 0 Å². The van der Waals surface area contributed by atoms with E-state index >= 15 is 0 Å². The second-order valence-corrected chi connectivity index (χ2v) is 5.40. The summed E-state index contributed by atoms with van der Waals surface area (Å²) in [6.45, 7) is 6.37. The van der Waals surface area contributed by atoms with Crippen LogP contribution < -0.4 is 5.32 Å². The van der Waals surface area contributed by atoms with Crippen LogP contribution in [0.2, 0.25) is 5.28 Å². The molecule has 1 N–H and O–H groups in total. The molecule has 0 fully saturated rings. The molecule has 0 bridgehead atoms. The number of benzene rings is 1. The van der Waals surface area contributed by atoms with Crippen molar-refractivity contribution in [2.45, 2.75) is 33.2 Å². The number of rotatable bonds is 4. The fourth-order valence-electron chi connectivity index (χ4n) is 2.10. The number of nitrogens with one attached hydrogen (secondary N) is 1. The molecule has 5 heteroatoms. The molecule has 0 atom stereocenters. The summed E-state index contributed by atoms with van der Waals surface area (Å²) in [5.41, 5.74) is 3.08. The fraction of sp³-hybridized carbons (Fsp3) is 0.333. The van der Waals surface area contributed by atoms with Crippen molar-refractivity contribution in [3.63, 3.8) is 0 Å². The fourth-order valence-corrected chi connectivity index (χ4v) is 2.28. The Morgan fingerprint density at radius 1 is 1.45 bits per heavy atom. The number of carbonyl (C=O) groups excluding carboxylic acids is 1. The maximum absolute atomic E-state index is 12.1. The molecule has 4 nitrogen and oxygen atoms in total. The average Bonchev–Trinajstić information content (AvgIpc) is 2.77. The van der Waals surface area contributed by atoms with E-state index in [1.807, 2.05) is 25.1 Å². The van der Waals surface area contributed by atoms with Gasteiger partial charge in [-0.15, -0.1) is 0 Å². The number of anilines is 1. The summed E-state index contributed by atoms with van der Waals surface area (Å²) in [7, 11) is 0. The lowest BCUT2D eigenvalue weighted by atomic mass is 9.98. The Morgan fingerprint density at radius 3 is 2.80 bits per heavy atom. The van der Waals surface area contributed by atoms with Crippen LogP contribution in [-0.2, 0) is 11.3 Å². The number of imidazole rings is 1. The van der Waals surface area contributed by atoms with Gasteiger partial charge in [-0.25, -0.2) is 4.98 Å². The molecule has 2 rings (SSSR count). The maximum Gasteiger partial charge on any atom is 0.244 e. The number of aryl methyl sites for hydroxylation is 1. The molecule has 0 aliphatic rings. The van der Waals surface area contributed by atoms with E-state index in [-0.39, 0.29) is 12.5 Å². The van der Waals surface area contributed by atoms with Gasteiger partial charge in [0.1, 0.15) is 6.54 Å². The summed E-state index contributed by atoms with van der Waals surface area (Å²) in [5, 5.41) is 3.29. The van der Waals surface area contributed by atoms with Crippen molar-refractivity contribution in [2.75, 3.05) is 5.32 Å². The van der Waals surface area contributed by atoms with Crippen molar-refractivity contribution < 1.29 is 4.79 Å². The molecule has 1 aromatic carbocycles. The third-order valence-corrected chi connectivity index (χ3v) is 3.48. The van der Waals surface area contributed by atoms with E-state index in [2.05, 4.69) is 24.1 Å². The summed E-state index contributed by atoms with van der Waals surface area (Å²) in [5.74, 6) is 0.239. The zero-order valence-corrected chi connectivity index (χ0v) is 12.6. The normalized spacial score (nSPS) is 10.8. The number of hydrogen-bond acceptors (Lipinski definition) is 2. The number of amides is 1. The SMILES string of the molecule is Cc1cccc(C(C)C)c1NC(=O)Cn1ccnc1Cl. The molecule has 106 valence electrons. The molecule has 1 aromatic heterocycles. The molecule has 0 radical (unpaired) electrons. The summed E-state index contributed by atoms with van der Waals surface area (Å²) in [6, 6.07) is 6.04. The monoisotopic (exact) mass is 291 g/mol. The molecule has 0 aliphatic heterocycles. The number of nitrogens with zero attached hydrogens (tertiary/aromatic N) is 2. The first-order chi connectivity index (χ1) is 9.49. The van der Waals surface area contributed by atoms with Gasteiger partial charge < -0.3 is 9.88 Å². The molecule has 0 saturated carbocycles. The second kappa shape index (κ2) is 6.09. The highest BCUT2D eigenvalue weighted by molar-refractivity contribution is 6.28. The molecule has 2 aromatic rings. The molecule has 1 heterocycles. The maximum atomic E-state index is 12.1. The van der Waals surface area contributed by atoms with E-state index in [1.165, 1.54) is 0 Å². The van der Waals surface area contributed by atoms with E-state index in [0.29, 0.717) is 11.2 Å². The van der Waals surface area contributed by atoms with Gasteiger partial charge in [0.15, 0.2) is 0 Å². The smallest absolute Gasteiger partial charge is 0.244 e. The van der Waals surface area contributed by atoms with E-state index in [4.69, 9.17) is 11.6 Å². The molecular weight excluding hydrogens is 274 g/mol. The molecular formula is C15H18ClN3O. The van der Waals surface area contributed by atoms with Gasteiger partial charge in [-0.2, -0.15) is 0 Å². The molecule has 0 unspecified atom stereocenters. The number of carbonyl (C=O) groups is 1. The van der Waals surface area contributed by atoms with Gasteiger partial charge in [-0.1, -0.05) is 32.0 Å². The van der Waals surface area contributed by atoms with Crippen LogP contribution in [0.25, 0.3) is 0 Å². The predicted octanol–water partition coefficient (Wildman–Crippen LogP) is 3.61. The Bertz CT molecular complexity index is 619. The quantitative estimate of drug-likeness (QED) is 0.935. The second-order valence-electron chi connectivity index (χ2n) is 5.07. The van der Waals surface area contributed by atoms with Crippen LogP contribution in [0.3, 0.4) is 0 Å². The summed E-state index contributed by atoms with van der Waals surface area (Å²) in [6.07, 6.45) is 3.26. The average molecular weight is 292 g/mol. The Balaban J connectivity index is 2.18. The van der Waals surface area contributed by atoms with Crippen LogP contribution in [0.1, 0.15) is 30.9 Å². The summed E-state index contributed by atoms with van der Waals surface area (Å²) >= 11 is 5.87. The lowest BCUT2D eigenvalue weighted by Gasteiger charge is -2.16. The standard InChI is InChI=1S/C15H18ClN3O/c1-10(2)12-6-4-5-11(3)14(12)18-13(20)9-19-8-7-17-15(19)16/h4-8,10H,9H2,1-3H3,(H,18,20). The predicted molar refractivity (Wildman–Crippen MR) is 81.1 cm³/mol. The first-order valence-electron chi connectivity index (χ1n) is 6.55. The Hall–Kier alpha value is -1.81. The number of halogens is 1. The van der Waals surface area contributed by atoms with Crippen LogP contribution in [-0.4, -0.2) is 15.5 Å². The minimum Gasteiger partial charge on any atom is -0.324 e. The minimum absolute atomic E-state index is 0.110. The molecule has 1 amide bonds. The molecule has 20 heavy (non-hydrogen) atoms. The van der Waals surface area contributed by atoms with Crippen molar-refractivity contribution in [1.29, 1.82) is 0 Å².